The van der Waals surface area contributed by atoms with Gasteiger partial charge in [0.25, 0.3) is 0 Å². The van der Waals surface area contributed by atoms with Gasteiger partial charge in [0.2, 0.25) is 23.5 Å². The van der Waals surface area contributed by atoms with Crippen LogP contribution in [0.25, 0.3) is 11.4 Å². The third kappa shape index (κ3) is 5.66. The molecular weight excluding hydrogens is 327 g/mol. The van der Waals surface area contributed by atoms with Crippen molar-refractivity contribution in [2.45, 2.75) is 39.2 Å². The van der Waals surface area contributed by atoms with Gasteiger partial charge in [0.15, 0.2) is 0 Å². The second-order valence-electron chi connectivity index (χ2n) is 5.60. The molecule has 0 spiro atoms. The average Bonchev–Trinajstić information content (AvgIpc) is 3.07. The first kappa shape index (κ1) is 18.6. The van der Waals surface area contributed by atoms with Crippen molar-refractivity contribution in [2.75, 3.05) is 6.54 Å². The third-order valence-corrected chi connectivity index (χ3v) is 3.46. The van der Waals surface area contributed by atoms with Gasteiger partial charge >= 0.3 is 0 Å². The molecule has 2 rings (SSSR count). The van der Waals surface area contributed by atoms with Crippen LogP contribution in [0, 0.1) is 5.82 Å². The van der Waals surface area contributed by atoms with Crippen LogP contribution in [0.5, 0.6) is 0 Å². The van der Waals surface area contributed by atoms with E-state index in [-0.39, 0.29) is 30.5 Å². The molecule has 1 aromatic carbocycles. The first-order valence-electron chi connectivity index (χ1n) is 8.15. The third-order valence-electron chi connectivity index (χ3n) is 3.46. The number of carbonyl (C=O) groups is 2. The highest BCUT2D eigenvalue weighted by atomic mass is 19.1. The number of nitrogens with one attached hydrogen (secondary N) is 2. The molecule has 2 amide bonds. The minimum absolute atomic E-state index is 0.121. The Morgan fingerprint density at radius 3 is 2.68 bits per heavy atom. The highest BCUT2D eigenvalue weighted by Crippen LogP contribution is 2.16. The first-order chi connectivity index (χ1) is 12.0. The van der Waals surface area contributed by atoms with Crippen molar-refractivity contribution in [2.24, 2.45) is 0 Å². The number of rotatable bonds is 8. The maximum atomic E-state index is 12.9. The number of nitrogens with zero attached hydrogens (tertiary/aromatic N) is 2. The molecule has 0 aliphatic carbocycles. The predicted octanol–water partition coefficient (Wildman–Crippen LogP) is 1.84. The van der Waals surface area contributed by atoms with E-state index in [4.69, 9.17) is 4.52 Å². The largest absolute Gasteiger partial charge is 0.354 e. The molecular formula is C17H21FN4O3. The van der Waals surface area contributed by atoms with E-state index in [9.17, 15) is 14.0 Å². The van der Waals surface area contributed by atoms with Gasteiger partial charge in [-0.25, -0.2) is 4.39 Å². The van der Waals surface area contributed by atoms with E-state index in [2.05, 4.69) is 20.8 Å². The number of amides is 2. The maximum absolute atomic E-state index is 12.9. The number of hydrogen-bond acceptors (Lipinski definition) is 5. The van der Waals surface area contributed by atoms with Gasteiger partial charge in [-0.05, 0) is 37.6 Å². The summed E-state index contributed by atoms with van der Waals surface area (Å²) in [5, 5.41) is 9.15. The summed E-state index contributed by atoms with van der Waals surface area (Å²) in [6.07, 6.45) is 1.21. The van der Waals surface area contributed by atoms with Crippen molar-refractivity contribution in [3.63, 3.8) is 0 Å². The Balaban J connectivity index is 1.82. The molecule has 134 valence electrons. The molecule has 2 N–H and O–H groups in total. The lowest BCUT2D eigenvalue weighted by Gasteiger charge is -2.13. The second-order valence-corrected chi connectivity index (χ2v) is 5.60. The van der Waals surface area contributed by atoms with Crippen LogP contribution in [-0.4, -0.2) is 34.5 Å². The van der Waals surface area contributed by atoms with Gasteiger partial charge in [0.05, 0.1) is 0 Å². The number of halogens is 1. The molecule has 0 radical (unpaired) electrons. The minimum Gasteiger partial charge on any atom is -0.354 e. The summed E-state index contributed by atoms with van der Waals surface area (Å²) in [6, 6.07) is 5.12. The fraction of sp³-hybridized carbons (Fsp3) is 0.412. The van der Waals surface area contributed by atoms with Crippen LogP contribution in [0.1, 0.15) is 32.6 Å². The molecule has 1 heterocycles. The second kappa shape index (κ2) is 8.91. The maximum Gasteiger partial charge on any atom is 0.242 e. The molecule has 0 saturated carbocycles. The molecule has 1 atom stereocenters. The zero-order valence-corrected chi connectivity index (χ0v) is 14.2. The standard InChI is InChI=1S/C17H21FN4O3/c1-3-10-19-17(24)11(2)20-14(23)8-9-15-21-16(22-25-15)12-4-6-13(18)7-5-12/h4-7,11H,3,8-10H2,1-2H3,(H,19,24)(H,20,23). The van der Waals surface area contributed by atoms with Gasteiger partial charge in [-0.3, -0.25) is 9.59 Å². The summed E-state index contributed by atoms with van der Waals surface area (Å²) in [4.78, 5) is 27.8. The molecule has 1 unspecified atom stereocenters. The van der Waals surface area contributed by atoms with Crippen LogP contribution in [0.15, 0.2) is 28.8 Å². The highest BCUT2D eigenvalue weighted by Gasteiger charge is 2.16. The number of aromatic nitrogens is 2. The Bertz CT molecular complexity index is 715. The van der Waals surface area contributed by atoms with Crippen LogP contribution >= 0.6 is 0 Å². The molecule has 1 aromatic heterocycles. The van der Waals surface area contributed by atoms with Crippen LogP contribution in [-0.2, 0) is 16.0 Å². The van der Waals surface area contributed by atoms with Gasteiger partial charge in [-0.2, -0.15) is 4.98 Å². The SMILES string of the molecule is CCCNC(=O)C(C)NC(=O)CCc1nc(-c2ccc(F)cc2)no1. The molecule has 0 bridgehead atoms. The zero-order chi connectivity index (χ0) is 18.2. The lowest BCUT2D eigenvalue weighted by Crippen LogP contribution is -2.45. The summed E-state index contributed by atoms with van der Waals surface area (Å²) in [6.45, 7) is 4.16. The zero-order valence-electron chi connectivity index (χ0n) is 14.2. The van der Waals surface area contributed by atoms with E-state index in [1.54, 1.807) is 19.1 Å². The number of aryl methyl sites for hydroxylation is 1. The quantitative estimate of drug-likeness (QED) is 0.759. The van der Waals surface area contributed by atoms with Crippen LogP contribution in [0.3, 0.4) is 0 Å². The fourth-order valence-corrected chi connectivity index (χ4v) is 2.07. The van der Waals surface area contributed by atoms with Gasteiger partial charge in [0.1, 0.15) is 11.9 Å². The van der Waals surface area contributed by atoms with E-state index >= 15 is 0 Å². The molecule has 2 aromatic rings. The van der Waals surface area contributed by atoms with E-state index in [0.717, 1.165) is 6.42 Å². The Morgan fingerprint density at radius 1 is 1.28 bits per heavy atom. The van der Waals surface area contributed by atoms with Gasteiger partial charge in [-0.1, -0.05) is 12.1 Å². The molecule has 25 heavy (non-hydrogen) atoms. The molecule has 7 nitrogen and oxygen atoms in total. The lowest BCUT2D eigenvalue weighted by molar-refractivity contribution is -0.128. The Hall–Kier alpha value is -2.77. The summed E-state index contributed by atoms with van der Waals surface area (Å²) in [5.74, 6) is -0.200. The van der Waals surface area contributed by atoms with Crippen LogP contribution in [0.4, 0.5) is 4.39 Å². The molecule has 0 aliphatic rings. The Kier molecular flexibility index (Phi) is 6.62. The van der Waals surface area contributed by atoms with E-state index in [1.807, 2.05) is 6.92 Å². The van der Waals surface area contributed by atoms with Crippen molar-refractivity contribution < 1.29 is 18.5 Å². The van der Waals surface area contributed by atoms with Crippen molar-refractivity contribution in [3.05, 3.63) is 36.0 Å². The summed E-state index contributed by atoms with van der Waals surface area (Å²) >= 11 is 0. The Morgan fingerprint density at radius 2 is 2.00 bits per heavy atom. The number of carbonyl (C=O) groups excluding carboxylic acids is 2. The van der Waals surface area contributed by atoms with Crippen molar-refractivity contribution >= 4 is 11.8 Å². The van der Waals surface area contributed by atoms with Crippen LogP contribution < -0.4 is 10.6 Å². The summed E-state index contributed by atoms with van der Waals surface area (Å²) in [5.41, 5.74) is 0.627. The monoisotopic (exact) mass is 348 g/mol. The minimum atomic E-state index is -0.600. The fourth-order valence-electron chi connectivity index (χ4n) is 2.07. The normalized spacial score (nSPS) is 11.8. The van der Waals surface area contributed by atoms with Gasteiger partial charge in [-0.15, -0.1) is 0 Å². The highest BCUT2D eigenvalue weighted by molar-refractivity contribution is 5.87. The van der Waals surface area contributed by atoms with Crippen molar-refractivity contribution in [1.29, 1.82) is 0 Å². The lowest BCUT2D eigenvalue weighted by atomic mass is 10.2. The molecule has 0 aliphatic heterocycles. The summed E-state index contributed by atoms with van der Waals surface area (Å²) < 4.78 is 18.0. The van der Waals surface area contributed by atoms with Crippen LogP contribution in [0.2, 0.25) is 0 Å². The predicted molar refractivity (Wildman–Crippen MR) is 88.9 cm³/mol. The Labute approximate surface area is 145 Å². The molecule has 8 heteroatoms. The molecule has 0 fully saturated rings. The van der Waals surface area contributed by atoms with Crippen molar-refractivity contribution in [3.8, 4) is 11.4 Å². The van der Waals surface area contributed by atoms with E-state index in [0.29, 0.717) is 23.8 Å². The smallest absolute Gasteiger partial charge is 0.242 e. The van der Waals surface area contributed by atoms with Crippen molar-refractivity contribution in [1.82, 2.24) is 20.8 Å². The van der Waals surface area contributed by atoms with Gasteiger partial charge in [0, 0.05) is 24.9 Å². The van der Waals surface area contributed by atoms with E-state index < -0.39 is 6.04 Å². The number of benzene rings is 1. The molecule has 0 saturated heterocycles. The summed E-state index contributed by atoms with van der Waals surface area (Å²) in [7, 11) is 0. The van der Waals surface area contributed by atoms with Gasteiger partial charge < -0.3 is 15.2 Å². The first-order valence-corrected chi connectivity index (χ1v) is 8.15. The average molecular weight is 348 g/mol. The van der Waals surface area contributed by atoms with E-state index in [1.165, 1.54) is 12.1 Å². The topological polar surface area (TPSA) is 97.1 Å². The number of hydrogen-bond donors (Lipinski definition) is 2.